The van der Waals surface area contributed by atoms with Gasteiger partial charge in [-0.15, -0.1) is 0 Å². The lowest BCUT2D eigenvalue weighted by Gasteiger charge is -2.21. The molecule has 0 N–H and O–H groups in total. The van der Waals surface area contributed by atoms with Gasteiger partial charge >= 0.3 is 16.1 Å². The van der Waals surface area contributed by atoms with Crippen LogP contribution in [0.2, 0.25) is 0 Å². The number of methoxy groups -OCH3 is 1. The molecule has 1 aliphatic heterocycles. The molecule has 1 fully saturated rings. The molecule has 2 amide bonds. The number of rotatable bonds is 6. The highest BCUT2D eigenvalue weighted by Gasteiger charge is 2.31. The van der Waals surface area contributed by atoms with Crippen molar-refractivity contribution in [1.29, 1.82) is 0 Å². The molecule has 8 heteroatoms. The predicted octanol–water partition coefficient (Wildman–Crippen LogP) is 3.11. The molecule has 1 saturated heterocycles. The number of para-hydroxylation sites is 2. The smallest absolute Gasteiger partial charge is 0.339 e. The Hall–Kier alpha value is -2.74. The van der Waals surface area contributed by atoms with E-state index < -0.39 is 10.1 Å². The largest absolute Gasteiger partial charge is 0.493 e. The van der Waals surface area contributed by atoms with Crippen molar-refractivity contribution in [3.63, 3.8) is 0 Å². The van der Waals surface area contributed by atoms with Crippen LogP contribution in [0.3, 0.4) is 0 Å². The van der Waals surface area contributed by atoms with Crippen LogP contribution in [0, 0.1) is 0 Å². The number of hydrogen-bond acceptors (Lipinski definition) is 5. The van der Waals surface area contributed by atoms with Gasteiger partial charge in [-0.3, -0.25) is 4.90 Å². The number of carbonyl (C=O) groups excluding carboxylic acids is 1. The summed E-state index contributed by atoms with van der Waals surface area (Å²) < 4.78 is 35.4. The van der Waals surface area contributed by atoms with Crippen LogP contribution in [0.5, 0.6) is 11.5 Å². The van der Waals surface area contributed by atoms with Crippen LogP contribution >= 0.6 is 0 Å². The first-order valence-corrected chi connectivity index (χ1v) is 10.00. The summed E-state index contributed by atoms with van der Waals surface area (Å²) in [7, 11) is -2.58. The Morgan fingerprint density at radius 3 is 2.15 bits per heavy atom. The van der Waals surface area contributed by atoms with Crippen LogP contribution < -0.4 is 13.8 Å². The van der Waals surface area contributed by atoms with E-state index in [1.807, 2.05) is 13.8 Å². The second-order valence-corrected chi connectivity index (χ2v) is 7.95. The topological polar surface area (TPSA) is 76.2 Å². The summed E-state index contributed by atoms with van der Waals surface area (Å²) in [4.78, 5) is 15.8. The summed E-state index contributed by atoms with van der Waals surface area (Å²) in [5.41, 5.74) is 0.652. The van der Waals surface area contributed by atoms with Gasteiger partial charge in [0, 0.05) is 24.8 Å². The zero-order valence-corrected chi connectivity index (χ0v) is 16.3. The molecule has 0 aliphatic carbocycles. The Bertz CT molecular complexity index is 925. The molecule has 0 aromatic heterocycles. The predicted molar refractivity (Wildman–Crippen MR) is 102 cm³/mol. The van der Waals surface area contributed by atoms with Crippen molar-refractivity contribution >= 4 is 21.8 Å². The molecule has 2 aromatic rings. The highest BCUT2D eigenvalue weighted by Crippen LogP contribution is 2.30. The van der Waals surface area contributed by atoms with E-state index in [1.165, 1.54) is 25.3 Å². The first kappa shape index (κ1) is 19.0. The molecule has 0 bridgehead atoms. The molecule has 0 saturated carbocycles. The molecule has 1 aliphatic rings. The van der Waals surface area contributed by atoms with Crippen LogP contribution in [0.4, 0.5) is 10.5 Å². The Kier molecular flexibility index (Phi) is 5.27. The minimum Gasteiger partial charge on any atom is -0.493 e. The molecule has 0 atom stereocenters. The van der Waals surface area contributed by atoms with Crippen LogP contribution in [0.1, 0.15) is 13.8 Å². The fraction of sp³-hybridized carbons (Fsp3) is 0.316. The molecule has 0 unspecified atom stereocenters. The van der Waals surface area contributed by atoms with Crippen molar-refractivity contribution in [1.82, 2.24) is 4.90 Å². The third-order valence-corrected chi connectivity index (χ3v) is 5.62. The summed E-state index contributed by atoms with van der Waals surface area (Å²) in [6.07, 6.45) is 0. The normalized spacial score (nSPS) is 14.7. The Labute approximate surface area is 159 Å². The number of benzene rings is 2. The first-order valence-electron chi connectivity index (χ1n) is 8.59. The number of amides is 2. The van der Waals surface area contributed by atoms with Crippen LogP contribution in [0.25, 0.3) is 0 Å². The Balaban J connectivity index is 1.80. The van der Waals surface area contributed by atoms with Gasteiger partial charge in [0.15, 0.2) is 11.5 Å². The average molecular weight is 390 g/mol. The number of urea groups is 1. The van der Waals surface area contributed by atoms with Crippen molar-refractivity contribution in [3.8, 4) is 11.5 Å². The number of carbonyl (C=O) groups is 1. The van der Waals surface area contributed by atoms with Gasteiger partial charge in [-0.05, 0) is 50.2 Å². The average Bonchev–Trinajstić information content (AvgIpc) is 3.03. The van der Waals surface area contributed by atoms with E-state index in [-0.39, 0.29) is 22.7 Å². The monoisotopic (exact) mass is 390 g/mol. The molecule has 2 aromatic carbocycles. The van der Waals surface area contributed by atoms with E-state index in [0.717, 1.165) is 0 Å². The summed E-state index contributed by atoms with van der Waals surface area (Å²) in [6.45, 7) is 5.15. The maximum atomic E-state index is 12.5. The maximum Gasteiger partial charge on any atom is 0.339 e. The fourth-order valence-corrected chi connectivity index (χ4v) is 3.86. The summed E-state index contributed by atoms with van der Waals surface area (Å²) in [5, 5.41) is 0. The van der Waals surface area contributed by atoms with Crippen molar-refractivity contribution < 1.29 is 22.1 Å². The first-order chi connectivity index (χ1) is 12.8. The summed E-state index contributed by atoms with van der Waals surface area (Å²) in [6, 6.07) is 12.7. The molecule has 27 heavy (non-hydrogen) atoms. The van der Waals surface area contributed by atoms with E-state index in [0.29, 0.717) is 24.5 Å². The number of anilines is 1. The van der Waals surface area contributed by atoms with Gasteiger partial charge in [0.1, 0.15) is 4.90 Å². The fourth-order valence-electron chi connectivity index (χ4n) is 2.92. The van der Waals surface area contributed by atoms with Crippen LogP contribution in [0.15, 0.2) is 53.4 Å². The second-order valence-electron chi connectivity index (χ2n) is 6.40. The third-order valence-electron chi connectivity index (χ3n) is 4.37. The maximum absolute atomic E-state index is 12.5. The molecule has 3 rings (SSSR count). The van der Waals surface area contributed by atoms with Crippen molar-refractivity contribution in [2.45, 2.75) is 24.8 Å². The molecule has 0 radical (unpaired) electrons. The minimum absolute atomic E-state index is 0.00418. The minimum atomic E-state index is -4.02. The molecule has 144 valence electrons. The van der Waals surface area contributed by atoms with E-state index in [4.69, 9.17) is 8.92 Å². The molecule has 1 heterocycles. The molecule has 0 spiro atoms. The third kappa shape index (κ3) is 3.85. The van der Waals surface area contributed by atoms with Gasteiger partial charge in [0.2, 0.25) is 0 Å². The van der Waals surface area contributed by atoms with Crippen molar-refractivity contribution in [2.75, 3.05) is 25.1 Å². The number of hydrogen-bond donors (Lipinski definition) is 0. The van der Waals surface area contributed by atoms with Gasteiger partial charge in [-0.2, -0.15) is 8.42 Å². The van der Waals surface area contributed by atoms with E-state index in [9.17, 15) is 13.2 Å². The number of ether oxygens (including phenoxy) is 1. The lowest BCUT2D eigenvalue weighted by atomic mass is 10.3. The van der Waals surface area contributed by atoms with Crippen molar-refractivity contribution in [2.24, 2.45) is 0 Å². The van der Waals surface area contributed by atoms with Crippen molar-refractivity contribution in [3.05, 3.63) is 48.5 Å². The highest BCUT2D eigenvalue weighted by atomic mass is 32.2. The van der Waals surface area contributed by atoms with Gasteiger partial charge in [-0.1, -0.05) is 12.1 Å². The molecule has 7 nitrogen and oxygen atoms in total. The lowest BCUT2D eigenvalue weighted by molar-refractivity contribution is 0.209. The van der Waals surface area contributed by atoms with Gasteiger partial charge in [0.05, 0.1) is 7.11 Å². The summed E-state index contributed by atoms with van der Waals surface area (Å²) >= 11 is 0. The van der Waals surface area contributed by atoms with E-state index >= 15 is 0 Å². The zero-order chi connectivity index (χ0) is 19.6. The highest BCUT2D eigenvalue weighted by molar-refractivity contribution is 7.87. The van der Waals surface area contributed by atoms with Crippen LogP contribution in [-0.4, -0.2) is 45.6 Å². The second kappa shape index (κ2) is 7.48. The van der Waals surface area contributed by atoms with Crippen LogP contribution in [-0.2, 0) is 10.1 Å². The quantitative estimate of drug-likeness (QED) is 0.709. The SMILES string of the molecule is COc1ccccc1OS(=O)(=O)c1ccc(N2CCN(C(C)C)C2=O)cc1. The number of nitrogens with zero attached hydrogens (tertiary/aromatic N) is 2. The Morgan fingerprint density at radius 2 is 1.59 bits per heavy atom. The standard InChI is InChI=1S/C19H22N2O5S/c1-14(2)20-12-13-21(19(20)22)15-8-10-16(11-9-15)27(23,24)26-18-7-5-4-6-17(18)25-3/h4-11,14H,12-13H2,1-3H3. The van der Waals surface area contributed by atoms with Gasteiger partial charge < -0.3 is 13.8 Å². The molecular formula is C19H22N2O5S. The Morgan fingerprint density at radius 1 is 0.963 bits per heavy atom. The van der Waals surface area contributed by atoms with Gasteiger partial charge in [0.25, 0.3) is 0 Å². The van der Waals surface area contributed by atoms with Gasteiger partial charge in [-0.25, -0.2) is 4.79 Å². The van der Waals surface area contributed by atoms with E-state index in [2.05, 4.69) is 0 Å². The zero-order valence-electron chi connectivity index (χ0n) is 15.5. The summed E-state index contributed by atoms with van der Waals surface area (Å²) in [5.74, 6) is 0.445. The molecular weight excluding hydrogens is 368 g/mol. The van der Waals surface area contributed by atoms with E-state index in [1.54, 1.807) is 40.1 Å². The lowest BCUT2D eigenvalue weighted by Crippen LogP contribution is -2.36.